The second kappa shape index (κ2) is 14.4. The van der Waals surface area contributed by atoms with Crippen molar-refractivity contribution in [1.29, 1.82) is 0 Å². The molecule has 0 spiro atoms. The van der Waals surface area contributed by atoms with E-state index in [0.29, 0.717) is 10.6 Å². The molecule has 4 aromatic rings. The largest absolute Gasteiger partial charge is 0.465 e. The molecule has 0 N–H and O–H groups in total. The number of carbonyl (C=O) groups is 2. The van der Waals surface area contributed by atoms with E-state index in [2.05, 4.69) is 19.7 Å². The molecule has 0 saturated heterocycles. The van der Waals surface area contributed by atoms with Crippen LogP contribution in [0.15, 0.2) is 70.7 Å². The third-order valence-corrected chi connectivity index (χ3v) is 8.53. The van der Waals surface area contributed by atoms with E-state index in [1.54, 1.807) is 24.0 Å². The first-order valence-corrected chi connectivity index (χ1v) is 15.0. The van der Waals surface area contributed by atoms with Crippen LogP contribution in [0.4, 0.5) is 11.4 Å². The summed E-state index contributed by atoms with van der Waals surface area (Å²) in [6, 6.07) is 10.7. The average Bonchev–Trinajstić information content (AvgIpc) is 3.61. The number of esters is 2. The molecule has 0 aliphatic heterocycles. The lowest BCUT2D eigenvalue weighted by Crippen LogP contribution is -2.10. The number of ether oxygens (including phenoxy) is 2. The number of thioether (sulfide) groups is 1. The Morgan fingerprint density at radius 3 is 1.80 bits per heavy atom. The Bertz CT molecular complexity index is 1820. The Labute approximate surface area is 254 Å². The van der Waals surface area contributed by atoms with E-state index in [1.165, 1.54) is 47.8 Å². The van der Waals surface area contributed by atoms with Crippen LogP contribution >= 0.6 is 11.8 Å². The molecular weight excluding hydrogens is 620 g/mol. The van der Waals surface area contributed by atoms with E-state index in [9.17, 15) is 38.2 Å². The smallest absolute Gasteiger partial charge is 0.338 e. The summed E-state index contributed by atoms with van der Waals surface area (Å²) in [5.41, 5.74) is 0.359. The van der Waals surface area contributed by atoms with Crippen molar-refractivity contribution in [2.24, 2.45) is 14.1 Å². The lowest BCUT2D eigenvalue weighted by Gasteiger charge is -2.06. The molecule has 4 rings (SSSR count). The van der Waals surface area contributed by atoms with Crippen molar-refractivity contribution in [1.82, 2.24) is 19.6 Å². The minimum Gasteiger partial charge on any atom is -0.465 e. The normalized spacial score (nSPS) is 10.8. The fraction of sp³-hybridized carbons (Fsp3) is 0.231. The topological polar surface area (TPSA) is 209 Å². The number of hydrogen-bond donors (Lipinski definition) is 0. The number of aromatic nitrogens is 4. The van der Waals surface area contributed by atoms with Gasteiger partial charge in [0.05, 0.1) is 57.2 Å². The molecule has 2 heterocycles. The summed E-state index contributed by atoms with van der Waals surface area (Å²) in [4.78, 5) is 43.8. The average molecular weight is 647 g/mol. The second-order valence-electron chi connectivity index (χ2n) is 8.87. The van der Waals surface area contributed by atoms with Crippen LogP contribution in [-0.4, -0.2) is 64.0 Å². The molecule has 16 nitrogen and oxygen atoms in total. The van der Waals surface area contributed by atoms with Crippen molar-refractivity contribution in [3.8, 4) is 0 Å². The van der Waals surface area contributed by atoms with E-state index < -0.39 is 48.0 Å². The van der Waals surface area contributed by atoms with Gasteiger partial charge in [-0.3, -0.25) is 29.6 Å². The first-order chi connectivity index (χ1) is 20.7. The first-order valence-electron chi connectivity index (χ1n) is 12.3. The number of sulfone groups is 1. The Hall–Kier alpha value is -5.10. The molecule has 0 aliphatic carbocycles. The summed E-state index contributed by atoms with van der Waals surface area (Å²) in [7, 11) is 1.80. The zero-order valence-corrected chi connectivity index (χ0v) is 25.4. The number of aryl methyl sites for hydroxylation is 2. The van der Waals surface area contributed by atoms with Gasteiger partial charge >= 0.3 is 11.9 Å². The Kier molecular flexibility index (Phi) is 10.9. The highest BCUT2D eigenvalue weighted by Gasteiger charge is 2.28. The molecule has 2 aromatic carbocycles. The Morgan fingerprint density at radius 1 is 0.818 bits per heavy atom. The fourth-order valence-electron chi connectivity index (χ4n) is 3.70. The van der Waals surface area contributed by atoms with Gasteiger partial charge < -0.3 is 9.47 Å². The molecule has 18 heteroatoms. The number of nitrogens with zero attached hydrogens (tertiary/aromatic N) is 6. The van der Waals surface area contributed by atoms with Gasteiger partial charge in [-0.2, -0.15) is 10.2 Å². The minimum atomic E-state index is -3.99. The Morgan fingerprint density at radius 2 is 1.32 bits per heavy atom. The molecule has 0 bridgehead atoms. The molecule has 0 atom stereocenters. The summed E-state index contributed by atoms with van der Waals surface area (Å²) < 4.78 is 37.0. The van der Waals surface area contributed by atoms with E-state index >= 15 is 0 Å². The van der Waals surface area contributed by atoms with Crippen LogP contribution in [0, 0.1) is 20.2 Å². The summed E-state index contributed by atoms with van der Waals surface area (Å²) in [5, 5.41) is 30.4. The molecule has 0 amide bonds. The van der Waals surface area contributed by atoms with E-state index in [0.717, 1.165) is 24.9 Å². The van der Waals surface area contributed by atoms with Crippen LogP contribution < -0.4 is 0 Å². The molecule has 0 saturated carbocycles. The number of benzene rings is 2. The van der Waals surface area contributed by atoms with Gasteiger partial charge in [-0.1, -0.05) is 0 Å². The van der Waals surface area contributed by atoms with Crippen LogP contribution in [0.25, 0.3) is 0 Å². The maximum Gasteiger partial charge on any atom is 0.338 e. The summed E-state index contributed by atoms with van der Waals surface area (Å²) in [5.74, 6) is -1.35. The molecule has 0 fully saturated rings. The Balaban J connectivity index is 0.000000241. The maximum atomic E-state index is 12.4. The van der Waals surface area contributed by atoms with E-state index in [1.807, 2.05) is 19.3 Å². The van der Waals surface area contributed by atoms with Crippen LogP contribution in [0.1, 0.15) is 32.1 Å². The number of carbonyl (C=O) groups excluding carboxylic acids is 2. The van der Waals surface area contributed by atoms with Crippen LogP contribution in [-0.2, 0) is 44.9 Å². The number of nitro benzene ring substituents is 2. The van der Waals surface area contributed by atoms with Crippen molar-refractivity contribution in [2.75, 3.05) is 14.2 Å². The number of nitro groups is 2. The third-order valence-electron chi connectivity index (χ3n) is 5.74. The predicted octanol–water partition coefficient (Wildman–Crippen LogP) is 3.50. The molecule has 2 aromatic heterocycles. The molecular formula is C26H26N6O10S2. The highest BCUT2D eigenvalue weighted by Crippen LogP contribution is 2.32. The monoisotopic (exact) mass is 646 g/mol. The van der Waals surface area contributed by atoms with Crippen LogP contribution in [0.3, 0.4) is 0 Å². The van der Waals surface area contributed by atoms with Gasteiger partial charge in [0.15, 0.2) is 9.84 Å². The van der Waals surface area contributed by atoms with Crippen LogP contribution in [0.5, 0.6) is 0 Å². The van der Waals surface area contributed by atoms with Gasteiger partial charge in [-0.15, -0.1) is 11.8 Å². The van der Waals surface area contributed by atoms with E-state index in [4.69, 9.17) is 0 Å². The van der Waals surface area contributed by atoms with Gasteiger partial charge in [-0.05, 0) is 36.4 Å². The van der Waals surface area contributed by atoms with Crippen molar-refractivity contribution in [2.45, 2.75) is 21.3 Å². The molecule has 0 radical (unpaired) electrons. The quantitative estimate of drug-likeness (QED) is 0.105. The van der Waals surface area contributed by atoms with Gasteiger partial charge in [-0.25, -0.2) is 18.0 Å². The molecule has 0 aliphatic rings. The highest BCUT2D eigenvalue weighted by atomic mass is 32.2. The molecule has 0 unspecified atom stereocenters. The minimum absolute atomic E-state index is 0.101. The van der Waals surface area contributed by atoms with E-state index in [-0.39, 0.29) is 22.5 Å². The van der Waals surface area contributed by atoms with Crippen molar-refractivity contribution >= 4 is 44.9 Å². The summed E-state index contributed by atoms with van der Waals surface area (Å²) in [6.07, 6.45) is 3.38. The molecule has 232 valence electrons. The first kappa shape index (κ1) is 33.4. The van der Waals surface area contributed by atoms with Gasteiger partial charge in [0.25, 0.3) is 11.4 Å². The lowest BCUT2D eigenvalue weighted by molar-refractivity contribution is -0.388. The van der Waals surface area contributed by atoms with Crippen molar-refractivity contribution in [3.05, 3.63) is 104 Å². The second-order valence-corrected chi connectivity index (χ2v) is 11.8. The zero-order valence-electron chi connectivity index (χ0n) is 23.8. The van der Waals surface area contributed by atoms with Crippen molar-refractivity contribution in [3.63, 3.8) is 0 Å². The fourth-order valence-corrected chi connectivity index (χ4v) is 6.03. The number of hydrogen-bond acceptors (Lipinski definition) is 13. The summed E-state index contributed by atoms with van der Waals surface area (Å²) >= 11 is 1.30. The lowest BCUT2D eigenvalue weighted by atomic mass is 10.2. The molecule has 44 heavy (non-hydrogen) atoms. The maximum absolute atomic E-state index is 12.4. The zero-order chi connectivity index (χ0) is 32.6. The van der Waals surface area contributed by atoms with Crippen LogP contribution in [0.2, 0.25) is 0 Å². The standard InChI is InChI=1S/C13H13N3O6S.C13H13N3O4S/c1-15-6-5-10(14-15)8-23(20,21)12-4-3-9(13(17)22-2)7-11(12)16(18)19;1-15-6-5-10(14-15)8-21-12-4-3-9(13(17)20-2)7-11(12)16(18)19/h3-7H,8H2,1-2H3;3-7H,8H2,1-2H3. The van der Waals surface area contributed by atoms with Gasteiger partial charge in [0.2, 0.25) is 0 Å². The SMILES string of the molecule is COC(=O)c1ccc(S(=O)(=O)Cc2ccn(C)n2)c([N+](=O)[O-])c1.COC(=O)c1ccc(SCc2ccn(C)n2)c([N+](=O)[O-])c1. The predicted molar refractivity (Wildman–Crippen MR) is 156 cm³/mol. The van der Waals surface area contributed by atoms with Gasteiger partial charge in [0, 0.05) is 44.4 Å². The third kappa shape index (κ3) is 8.48. The van der Waals surface area contributed by atoms with Crippen molar-refractivity contribution < 1.29 is 37.3 Å². The number of rotatable bonds is 10. The van der Waals surface area contributed by atoms with Gasteiger partial charge in [0.1, 0.15) is 4.90 Å². The highest BCUT2D eigenvalue weighted by molar-refractivity contribution is 7.98. The number of methoxy groups -OCH3 is 2. The summed E-state index contributed by atoms with van der Waals surface area (Å²) in [6.45, 7) is 0.